The number of pyridine rings is 1. The van der Waals surface area contributed by atoms with E-state index >= 15 is 0 Å². The Morgan fingerprint density at radius 3 is 2.48 bits per heavy atom. The summed E-state index contributed by atoms with van der Waals surface area (Å²) in [6, 6.07) is 11.8. The van der Waals surface area contributed by atoms with Crippen molar-refractivity contribution in [1.82, 2.24) is 10.3 Å². The molecule has 0 spiro atoms. The Morgan fingerprint density at radius 1 is 1.09 bits per heavy atom. The van der Waals surface area contributed by atoms with E-state index in [1.165, 1.54) is 0 Å². The van der Waals surface area contributed by atoms with Gasteiger partial charge in [0, 0.05) is 18.3 Å². The normalized spacial score (nSPS) is 10.0. The van der Waals surface area contributed by atoms with Crippen LogP contribution >= 0.6 is 0 Å². The van der Waals surface area contributed by atoms with E-state index in [0.29, 0.717) is 18.0 Å². The number of ether oxygens (including phenoxy) is 1. The molecular formula is C17H19N3O3. The molecular weight excluding hydrogens is 294 g/mol. The van der Waals surface area contributed by atoms with E-state index in [0.717, 1.165) is 6.42 Å². The maximum atomic E-state index is 12.3. The van der Waals surface area contributed by atoms with E-state index in [9.17, 15) is 9.59 Å². The quantitative estimate of drug-likeness (QED) is 0.858. The van der Waals surface area contributed by atoms with Gasteiger partial charge in [-0.05, 0) is 30.7 Å². The van der Waals surface area contributed by atoms with E-state index in [2.05, 4.69) is 15.6 Å². The molecule has 0 unspecified atom stereocenters. The Bertz CT molecular complexity index is 701. The van der Waals surface area contributed by atoms with Gasteiger partial charge in [-0.1, -0.05) is 19.1 Å². The SMILES string of the molecule is CCCNC(=O)c1cccc(C(=O)Nc2cccc(OC)c2)n1. The Labute approximate surface area is 134 Å². The monoisotopic (exact) mass is 313 g/mol. The maximum Gasteiger partial charge on any atom is 0.274 e. The molecule has 0 bridgehead atoms. The van der Waals surface area contributed by atoms with Crippen LogP contribution < -0.4 is 15.4 Å². The second kappa shape index (κ2) is 7.93. The van der Waals surface area contributed by atoms with Crippen molar-refractivity contribution in [3.63, 3.8) is 0 Å². The van der Waals surface area contributed by atoms with Gasteiger partial charge in [0.05, 0.1) is 7.11 Å². The Kier molecular flexibility index (Phi) is 5.68. The van der Waals surface area contributed by atoms with Crippen LogP contribution in [-0.4, -0.2) is 30.5 Å². The molecule has 0 aliphatic rings. The van der Waals surface area contributed by atoms with Crippen molar-refractivity contribution < 1.29 is 14.3 Å². The second-order valence-electron chi connectivity index (χ2n) is 4.85. The number of rotatable bonds is 6. The predicted octanol–water partition coefficient (Wildman–Crippen LogP) is 2.48. The van der Waals surface area contributed by atoms with Crippen LogP contribution in [0.25, 0.3) is 0 Å². The zero-order valence-electron chi connectivity index (χ0n) is 13.1. The first-order valence-electron chi connectivity index (χ1n) is 7.34. The lowest BCUT2D eigenvalue weighted by molar-refractivity contribution is 0.0948. The van der Waals surface area contributed by atoms with Gasteiger partial charge >= 0.3 is 0 Å². The Balaban J connectivity index is 2.11. The lowest BCUT2D eigenvalue weighted by Crippen LogP contribution is -2.26. The van der Waals surface area contributed by atoms with Gasteiger partial charge in [-0.2, -0.15) is 0 Å². The minimum absolute atomic E-state index is 0.178. The number of amides is 2. The largest absolute Gasteiger partial charge is 0.497 e. The lowest BCUT2D eigenvalue weighted by Gasteiger charge is -2.08. The van der Waals surface area contributed by atoms with Gasteiger partial charge < -0.3 is 15.4 Å². The minimum atomic E-state index is -0.386. The van der Waals surface area contributed by atoms with Crippen LogP contribution in [0.2, 0.25) is 0 Å². The maximum absolute atomic E-state index is 12.3. The van der Waals surface area contributed by atoms with Crippen molar-refractivity contribution in [3.05, 3.63) is 53.9 Å². The number of methoxy groups -OCH3 is 1. The van der Waals surface area contributed by atoms with Crippen molar-refractivity contribution in [1.29, 1.82) is 0 Å². The van der Waals surface area contributed by atoms with Gasteiger partial charge in [0.1, 0.15) is 17.1 Å². The van der Waals surface area contributed by atoms with Crippen LogP contribution in [0.1, 0.15) is 34.3 Å². The highest BCUT2D eigenvalue weighted by Crippen LogP contribution is 2.17. The topological polar surface area (TPSA) is 80.3 Å². The number of benzene rings is 1. The number of hydrogen-bond donors (Lipinski definition) is 2. The number of hydrogen-bond acceptors (Lipinski definition) is 4. The van der Waals surface area contributed by atoms with Crippen LogP contribution in [0, 0.1) is 0 Å². The van der Waals surface area contributed by atoms with Crippen molar-refractivity contribution in [2.24, 2.45) is 0 Å². The summed E-state index contributed by atoms with van der Waals surface area (Å²) < 4.78 is 5.11. The average molecular weight is 313 g/mol. The Hall–Kier alpha value is -2.89. The fraction of sp³-hybridized carbons (Fsp3) is 0.235. The molecule has 0 saturated heterocycles. The van der Waals surface area contributed by atoms with Crippen LogP contribution in [0.15, 0.2) is 42.5 Å². The highest BCUT2D eigenvalue weighted by atomic mass is 16.5. The molecule has 23 heavy (non-hydrogen) atoms. The van der Waals surface area contributed by atoms with Crippen molar-refractivity contribution in [2.45, 2.75) is 13.3 Å². The number of aromatic nitrogens is 1. The van der Waals surface area contributed by atoms with Crippen LogP contribution in [-0.2, 0) is 0 Å². The average Bonchev–Trinajstić information content (AvgIpc) is 2.59. The Morgan fingerprint density at radius 2 is 1.78 bits per heavy atom. The third kappa shape index (κ3) is 4.54. The molecule has 2 rings (SSSR count). The number of nitrogens with zero attached hydrogens (tertiary/aromatic N) is 1. The third-order valence-electron chi connectivity index (χ3n) is 3.08. The summed E-state index contributed by atoms with van der Waals surface area (Å²) in [6.45, 7) is 2.53. The number of carbonyl (C=O) groups is 2. The van der Waals surface area contributed by atoms with Gasteiger partial charge in [-0.3, -0.25) is 9.59 Å². The van der Waals surface area contributed by atoms with Gasteiger partial charge in [0.2, 0.25) is 0 Å². The molecule has 0 aliphatic carbocycles. The molecule has 6 heteroatoms. The van der Waals surface area contributed by atoms with Gasteiger partial charge in [0.25, 0.3) is 11.8 Å². The zero-order valence-corrected chi connectivity index (χ0v) is 13.1. The first-order valence-corrected chi connectivity index (χ1v) is 7.34. The van der Waals surface area contributed by atoms with E-state index in [-0.39, 0.29) is 23.2 Å². The van der Waals surface area contributed by atoms with Crippen molar-refractivity contribution >= 4 is 17.5 Å². The molecule has 1 heterocycles. The molecule has 120 valence electrons. The summed E-state index contributed by atoms with van der Waals surface area (Å²) in [5, 5.41) is 5.46. The summed E-state index contributed by atoms with van der Waals surface area (Å²) >= 11 is 0. The molecule has 6 nitrogen and oxygen atoms in total. The van der Waals surface area contributed by atoms with E-state index in [4.69, 9.17) is 4.74 Å². The first-order chi connectivity index (χ1) is 11.1. The number of carbonyl (C=O) groups excluding carboxylic acids is 2. The molecule has 0 fully saturated rings. The smallest absolute Gasteiger partial charge is 0.274 e. The second-order valence-corrected chi connectivity index (χ2v) is 4.85. The zero-order chi connectivity index (χ0) is 16.7. The molecule has 0 saturated carbocycles. The highest BCUT2D eigenvalue weighted by Gasteiger charge is 2.12. The van der Waals surface area contributed by atoms with Crippen LogP contribution in [0.4, 0.5) is 5.69 Å². The first kappa shape index (κ1) is 16.5. The van der Waals surface area contributed by atoms with E-state index in [1.54, 1.807) is 49.6 Å². The van der Waals surface area contributed by atoms with Gasteiger partial charge in [0.15, 0.2) is 0 Å². The molecule has 2 aromatic rings. The molecule has 2 N–H and O–H groups in total. The van der Waals surface area contributed by atoms with Crippen molar-refractivity contribution in [3.8, 4) is 5.75 Å². The summed E-state index contributed by atoms with van der Waals surface area (Å²) in [7, 11) is 1.56. The lowest BCUT2D eigenvalue weighted by atomic mass is 10.2. The molecule has 0 aliphatic heterocycles. The summed E-state index contributed by atoms with van der Waals surface area (Å²) in [4.78, 5) is 28.3. The standard InChI is InChI=1S/C17H19N3O3/c1-3-10-18-16(21)14-8-5-9-15(20-14)17(22)19-12-6-4-7-13(11-12)23-2/h4-9,11H,3,10H2,1-2H3,(H,18,21)(H,19,22). The fourth-order valence-electron chi connectivity index (χ4n) is 1.91. The minimum Gasteiger partial charge on any atom is -0.497 e. The summed E-state index contributed by atoms with van der Waals surface area (Å²) in [6.07, 6.45) is 0.835. The molecule has 0 radical (unpaired) electrons. The van der Waals surface area contributed by atoms with E-state index in [1.807, 2.05) is 6.92 Å². The molecule has 0 atom stereocenters. The number of nitrogens with one attached hydrogen (secondary N) is 2. The van der Waals surface area contributed by atoms with Crippen LogP contribution in [0.3, 0.4) is 0 Å². The third-order valence-corrected chi connectivity index (χ3v) is 3.08. The van der Waals surface area contributed by atoms with Crippen LogP contribution in [0.5, 0.6) is 5.75 Å². The van der Waals surface area contributed by atoms with Gasteiger partial charge in [-0.25, -0.2) is 4.98 Å². The van der Waals surface area contributed by atoms with E-state index < -0.39 is 0 Å². The van der Waals surface area contributed by atoms with Crippen molar-refractivity contribution in [2.75, 3.05) is 19.0 Å². The summed E-state index contributed by atoms with van der Waals surface area (Å²) in [5.41, 5.74) is 0.991. The number of anilines is 1. The molecule has 1 aromatic carbocycles. The van der Waals surface area contributed by atoms with Gasteiger partial charge in [-0.15, -0.1) is 0 Å². The fourth-order valence-corrected chi connectivity index (χ4v) is 1.91. The highest BCUT2D eigenvalue weighted by molar-refractivity contribution is 6.03. The summed E-state index contributed by atoms with van der Waals surface area (Å²) in [5.74, 6) is -0.0327. The molecule has 2 amide bonds. The molecule has 1 aromatic heterocycles. The predicted molar refractivity (Wildman–Crippen MR) is 87.8 cm³/mol.